The van der Waals surface area contributed by atoms with E-state index in [9.17, 15) is 0 Å². The van der Waals surface area contributed by atoms with Crippen LogP contribution >= 0.6 is 0 Å². The van der Waals surface area contributed by atoms with E-state index in [0.717, 1.165) is 30.9 Å². The summed E-state index contributed by atoms with van der Waals surface area (Å²) in [6, 6.07) is 9.78. The number of pyridine rings is 2. The van der Waals surface area contributed by atoms with Crippen molar-refractivity contribution in [1.29, 1.82) is 0 Å². The highest BCUT2D eigenvalue weighted by Gasteiger charge is 2.08. The lowest BCUT2D eigenvalue weighted by atomic mass is 10.2. The molecule has 1 N–H and O–H groups in total. The normalized spacial score (nSPS) is 10.8. The lowest BCUT2D eigenvalue weighted by molar-refractivity contribution is 0.376. The van der Waals surface area contributed by atoms with Gasteiger partial charge in [0.25, 0.3) is 0 Å². The Kier molecular flexibility index (Phi) is 5.06. The van der Waals surface area contributed by atoms with Gasteiger partial charge in [0, 0.05) is 31.9 Å². The Morgan fingerprint density at radius 1 is 1.13 bits per heavy atom. The Balaban J connectivity index is 1.46. The van der Waals surface area contributed by atoms with Gasteiger partial charge >= 0.3 is 0 Å². The maximum atomic E-state index is 5.24. The number of nitrogens with zero attached hydrogens (tertiary/aromatic N) is 4. The first-order valence-corrected chi connectivity index (χ1v) is 7.73. The minimum atomic E-state index is 0.525. The van der Waals surface area contributed by atoms with Crippen LogP contribution in [0.25, 0.3) is 11.5 Å². The summed E-state index contributed by atoms with van der Waals surface area (Å²) in [5.41, 5.74) is 3.00. The molecule has 3 rings (SSSR count). The number of nitrogens with one attached hydrogen (secondary N) is 1. The molecule has 0 aromatic carbocycles. The van der Waals surface area contributed by atoms with Crippen LogP contribution in [-0.4, -0.2) is 26.7 Å². The zero-order valence-electron chi connectivity index (χ0n) is 13.1. The quantitative estimate of drug-likeness (QED) is 0.675. The largest absolute Gasteiger partial charge is 0.339 e. The van der Waals surface area contributed by atoms with Crippen LogP contribution in [0.3, 0.4) is 0 Å². The molecule has 0 saturated carbocycles. The smallest absolute Gasteiger partial charge is 0.228 e. The number of hydrogen-bond donors (Lipinski definition) is 1. The van der Waals surface area contributed by atoms with Gasteiger partial charge in [0.15, 0.2) is 0 Å². The van der Waals surface area contributed by atoms with Gasteiger partial charge in [-0.15, -0.1) is 0 Å². The van der Waals surface area contributed by atoms with Crippen LogP contribution in [-0.2, 0) is 19.4 Å². The summed E-state index contributed by atoms with van der Waals surface area (Å²) >= 11 is 0. The zero-order chi connectivity index (χ0) is 15.9. The molecule has 0 radical (unpaired) electrons. The van der Waals surface area contributed by atoms with E-state index in [1.165, 1.54) is 5.56 Å². The van der Waals surface area contributed by atoms with Crippen molar-refractivity contribution in [2.75, 3.05) is 6.54 Å². The Hall–Kier alpha value is -2.60. The molecule has 6 nitrogen and oxygen atoms in total. The molecule has 6 heteroatoms. The van der Waals surface area contributed by atoms with E-state index in [2.05, 4.69) is 44.5 Å². The summed E-state index contributed by atoms with van der Waals surface area (Å²) in [6.45, 7) is 3.60. The molecule has 0 saturated heterocycles. The van der Waals surface area contributed by atoms with E-state index in [0.29, 0.717) is 18.1 Å². The van der Waals surface area contributed by atoms with Gasteiger partial charge in [-0.3, -0.25) is 9.97 Å². The van der Waals surface area contributed by atoms with Crippen LogP contribution in [0, 0.1) is 0 Å². The Morgan fingerprint density at radius 3 is 2.83 bits per heavy atom. The van der Waals surface area contributed by atoms with Crippen LogP contribution < -0.4 is 5.32 Å². The minimum absolute atomic E-state index is 0.525. The van der Waals surface area contributed by atoms with E-state index >= 15 is 0 Å². The van der Waals surface area contributed by atoms with Crippen molar-refractivity contribution >= 4 is 0 Å². The highest BCUT2D eigenvalue weighted by atomic mass is 16.5. The van der Waals surface area contributed by atoms with E-state index in [4.69, 9.17) is 4.52 Å². The van der Waals surface area contributed by atoms with Gasteiger partial charge in [0.2, 0.25) is 11.7 Å². The van der Waals surface area contributed by atoms with E-state index < -0.39 is 0 Å². The number of hydrogen-bond acceptors (Lipinski definition) is 6. The van der Waals surface area contributed by atoms with Crippen LogP contribution in [0.5, 0.6) is 0 Å². The van der Waals surface area contributed by atoms with Crippen molar-refractivity contribution in [3.05, 3.63) is 59.9 Å². The predicted molar refractivity (Wildman–Crippen MR) is 86.6 cm³/mol. The molecule has 0 bridgehead atoms. The van der Waals surface area contributed by atoms with Crippen LogP contribution in [0.4, 0.5) is 0 Å². The summed E-state index contributed by atoms with van der Waals surface area (Å²) in [7, 11) is 0. The molecule has 3 aromatic heterocycles. The fourth-order valence-corrected chi connectivity index (χ4v) is 2.14. The number of aryl methyl sites for hydroxylation is 1. The third kappa shape index (κ3) is 4.20. The summed E-state index contributed by atoms with van der Waals surface area (Å²) < 4.78 is 5.24. The van der Waals surface area contributed by atoms with E-state index in [-0.39, 0.29) is 0 Å². The molecule has 0 fully saturated rings. The van der Waals surface area contributed by atoms with Crippen molar-refractivity contribution in [2.45, 2.75) is 26.3 Å². The average Bonchev–Trinajstić information content (AvgIpc) is 3.09. The van der Waals surface area contributed by atoms with Crippen molar-refractivity contribution in [3.8, 4) is 11.5 Å². The lowest BCUT2D eigenvalue weighted by Gasteiger charge is -2.03. The Bertz CT molecular complexity index is 724. The molecule has 0 unspecified atom stereocenters. The molecule has 0 aliphatic rings. The van der Waals surface area contributed by atoms with Gasteiger partial charge in [0.1, 0.15) is 5.69 Å². The van der Waals surface area contributed by atoms with Crippen molar-refractivity contribution in [3.63, 3.8) is 0 Å². The molecular formula is C17H19N5O. The maximum absolute atomic E-state index is 5.24. The molecule has 0 atom stereocenters. The van der Waals surface area contributed by atoms with Gasteiger partial charge in [-0.05, 0) is 30.2 Å². The van der Waals surface area contributed by atoms with Crippen LogP contribution in [0.15, 0.2) is 47.2 Å². The van der Waals surface area contributed by atoms with Crippen molar-refractivity contribution in [1.82, 2.24) is 25.4 Å². The fraction of sp³-hybridized carbons (Fsp3) is 0.294. The first kappa shape index (κ1) is 15.3. The zero-order valence-corrected chi connectivity index (χ0v) is 13.1. The third-order valence-corrected chi connectivity index (χ3v) is 3.48. The second-order valence-corrected chi connectivity index (χ2v) is 5.16. The Morgan fingerprint density at radius 2 is 2.09 bits per heavy atom. The third-order valence-electron chi connectivity index (χ3n) is 3.48. The van der Waals surface area contributed by atoms with Crippen molar-refractivity contribution in [2.24, 2.45) is 0 Å². The fourth-order valence-electron chi connectivity index (χ4n) is 2.14. The molecule has 0 amide bonds. The minimum Gasteiger partial charge on any atom is -0.339 e. The Labute approximate surface area is 135 Å². The standard InChI is InChI=1S/C17H19N5O/c1-2-13-6-7-14(20-11-13)12-18-10-8-16-21-17(22-23-16)15-5-3-4-9-19-15/h3-7,9,11,18H,2,8,10,12H2,1H3. The lowest BCUT2D eigenvalue weighted by Crippen LogP contribution is -2.17. The van der Waals surface area contributed by atoms with Gasteiger partial charge in [0.05, 0.1) is 5.69 Å². The highest BCUT2D eigenvalue weighted by Crippen LogP contribution is 2.11. The number of rotatable bonds is 7. The molecule has 118 valence electrons. The van der Waals surface area contributed by atoms with E-state index in [1.54, 1.807) is 6.20 Å². The first-order valence-electron chi connectivity index (χ1n) is 7.73. The van der Waals surface area contributed by atoms with Crippen LogP contribution in [0.1, 0.15) is 24.1 Å². The maximum Gasteiger partial charge on any atom is 0.228 e. The first-order chi connectivity index (χ1) is 11.3. The molecule has 0 aliphatic carbocycles. The van der Waals surface area contributed by atoms with Gasteiger partial charge < -0.3 is 9.84 Å². The van der Waals surface area contributed by atoms with Crippen molar-refractivity contribution < 1.29 is 4.52 Å². The summed E-state index contributed by atoms with van der Waals surface area (Å²) in [5.74, 6) is 1.13. The SMILES string of the molecule is CCc1ccc(CNCCc2nc(-c3ccccn3)no2)nc1. The number of aromatic nitrogens is 4. The van der Waals surface area contributed by atoms with Gasteiger partial charge in [-0.25, -0.2) is 0 Å². The average molecular weight is 309 g/mol. The second-order valence-electron chi connectivity index (χ2n) is 5.16. The summed E-state index contributed by atoms with van der Waals surface area (Å²) in [6.07, 6.45) is 5.32. The molecule has 3 heterocycles. The topological polar surface area (TPSA) is 76.7 Å². The molecule has 23 heavy (non-hydrogen) atoms. The molecule has 0 aliphatic heterocycles. The molecule has 3 aromatic rings. The molecule has 0 spiro atoms. The van der Waals surface area contributed by atoms with Gasteiger partial charge in [-0.2, -0.15) is 4.98 Å². The summed E-state index contributed by atoms with van der Waals surface area (Å²) in [4.78, 5) is 13.0. The monoisotopic (exact) mass is 309 g/mol. The predicted octanol–water partition coefficient (Wildman–Crippen LogP) is 2.42. The highest BCUT2D eigenvalue weighted by molar-refractivity contribution is 5.46. The second kappa shape index (κ2) is 7.60. The van der Waals surface area contributed by atoms with Gasteiger partial charge in [-0.1, -0.05) is 24.2 Å². The summed E-state index contributed by atoms with van der Waals surface area (Å²) in [5, 5.41) is 7.28. The van der Waals surface area contributed by atoms with Crippen LogP contribution in [0.2, 0.25) is 0 Å². The van der Waals surface area contributed by atoms with E-state index in [1.807, 2.05) is 24.4 Å². The molecular weight excluding hydrogens is 290 g/mol.